The van der Waals surface area contributed by atoms with E-state index in [1.807, 2.05) is 0 Å². The lowest BCUT2D eigenvalue weighted by atomic mass is 9.96. The molecular formula is C16H26N2O. The van der Waals surface area contributed by atoms with Crippen LogP contribution in [0.5, 0.6) is 0 Å². The van der Waals surface area contributed by atoms with E-state index in [0.29, 0.717) is 11.8 Å². The first-order valence-corrected chi connectivity index (χ1v) is 7.43. The number of carbonyl (C=O) groups is 1. The second-order valence-electron chi connectivity index (χ2n) is 6.00. The van der Waals surface area contributed by atoms with Crippen LogP contribution in [0.2, 0.25) is 0 Å². The summed E-state index contributed by atoms with van der Waals surface area (Å²) in [6, 6.07) is 2.68. The number of aryl methyl sites for hydroxylation is 1. The van der Waals surface area contributed by atoms with Crippen molar-refractivity contribution in [2.45, 2.75) is 59.0 Å². The van der Waals surface area contributed by atoms with E-state index in [4.69, 9.17) is 0 Å². The Labute approximate surface area is 116 Å². The molecule has 0 spiro atoms. The largest absolute Gasteiger partial charge is 0.348 e. The van der Waals surface area contributed by atoms with Crippen LogP contribution in [0.4, 0.5) is 0 Å². The predicted molar refractivity (Wildman–Crippen MR) is 78.8 cm³/mol. The highest BCUT2D eigenvalue weighted by Gasteiger charge is 2.22. The summed E-state index contributed by atoms with van der Waals surface area (Å²) in [6.45, 7) is 8.71. The van der Waals surface area contributed by atoms with Crippen molar-refractivity contribution < 1.29 is 4.79 Å². The second-order valence-corrected chi connectivity index (χ2v) is 6.00. The molecule has 1 aromatic heterocycles. The average molecular weight is 262 g/mol. The highest BCUT2D eigenvalue weighted by Crippen LogP contribution is 2.25. The number of ketones is 1. The third-order valence-corrected chi connectivity index (χ3v) is 4.31. The number of rotatable bonds is 5. The molecule has 0 bridgehead atoms. The van der Waals surface area contributed by atoms with Gasteiger partial charge in [-0.15, -0.1) is 0 Å². The van der Waals surface area contributed by atoms with Crippen LogP contribution in [0.15, 0.2) is 6.07 Å². The fourth-order valence-electron chi connectivity index (χ4n) is 2.84. The van der Waals surface area contributed by atoms with E-state index in [9.17, 15) is 4.79 Å². The van der Waals surface area contributed by atoms with Crippen molar-refractivity contribution in [1.29, 1.82) is 0 Å². The predicted octanol–water partition coefficient (Wildman–Crippen LogP) is 3.05. The molecule has 2 rings (SSSR count). The summed E-state index contributed by atoms with van der Waals surface area (Å²) in [5, 5.41) is 0. The number of nitrogens with zero attached hydrogens (tertiary/aromatic N) is 2. The zero-order valence-corrected chi connectivity index (χ0v) is 12.7. The van der Waals surface area contributed by atoms with Gasteiger partial charge >= 0.3 is 0 Å². The van der Waals surface area contributed by atoms with Crippen LogP contribution in [0, 0.1) is 6.92 Å². The lowest BCUT2D eigenvalue weighted by Crippen LogP contribution is -2.28. The van der Waals surface area contributed by atoms with Crippen LogP contribution in [-0.4, -0.2) is 34.9 Å². The number of aromatic nitrogens is 1. The van der Waals surface area contributed by atoms with Gasteiger partial charge in [-0.25, -0.2) is 0 Å². The molecular weight excluding hydrogens is 236 g/mol. The van der Waals surface area contributed by atoms with Crippen LogP contribution < -0.4 is 0 Å². The van der Waals surface area contributed by atoms with Gasteiger partial charge < -0.3 is 9.47 Å². The van der Waals surface area contributed by atoms with Crippen molar-refractivity contribution in [3.05, 3.63) is 23.0 Å². The summed E-state index contributed by atoms with van der Waals surface area (Å²) < 4.78 is 2.36. The molecule has 19 heavy (non-hydrogen) atoms. The Morgan fingerprint density at radius 1 is 1.37 bits per heavy atom. The Morgan fingerprint density at radius 3 is 2.79 bits per heavy atom. The second kappa shape index (κ2) is 5.91. The van der Waals surface area contributed by atoms with E-state index >= 15 is 0 Å². The molecule has 0 saturated heterocycles. The van der Waals surface area contributed by atoms with Gasteiger partial charge in [-0.2, -0.15) is 0 Å². The molecule has 0 N–H and O–H groups in total. The Morgan fingerprint density at radius 2 is 2.11 bits per heavy atom. The van der Waals surface area contributed by atoms with E-state index in [1.54, 1.807) is 0 Å². The number of fused-ring (bicyclic) bond motifs is 1. The minimum Gasteiger partial charge on any atom is -0.348 e. The lowest BCUT2D eigenvalue weighted by Gasteiger charge is -2.22. The van der Waals surface area contributed by atoms with Gasteiger partial charge in [0.2, 0.25) is 0 Å². The normalized spacial score (nSPS) is 15.4. The summed E-state index contributed by atoms with van der Waals surface area (Å²) in [7, 11) is 2.17. The third kappa shape index (κ3) is 3.08. The standard InChI is InChI=1S/C16H26N2O/c1-12(2)17(4)9-6-10-18-13(3)11-14-15(18)7-5-8-16(14)19/h11-12H,5-10H2,1-4H3. The summed E-state index contributed by atoms with van der Waals surface area (Å²) >= 11 is 0. The Bertz CT molecular complexity index is 460. The van der Waals surface area contributed by atoms with Gasteiger partial charge in [-0.1, -0.05) is 0 Å². The molecule has 3 heteroatoms. The molecule has 0 saturated carbocycles. The zero-order chi connectivity index (χ0) is 14.0. The van der Waals surface area contributed by atoms with E-state index in [-0.39, 0.29) is 0 Å². The van der Waals surface area contributed by atoms with Crippen molar-refractivity contribution in [2.75, 3.05) is 13.6 Å². The van der Waals surface area contributed by atoms with Gasteiger partial charge in [-0.3, -0.25) is 4.79 Å². The molecule has 0 radical (unpaired) electrons. The maximum absolute atomic E-state index is 11.9. The molecule has 0 amide bonds. The molecule has 1 aliphatic rings. The number of hydrogen-bond donors (Lipinski definition) is 0. The molecule has 1 aliphatic carbocycles. The Hall–Kier alpha value is -1.09. The Kier molecular flexibility index (Phi) is 4.46. The van der Waals surface area contributed by atoms with Crippen molar-refractivity contribution in [3.8, 4) is 0 Å². The summed E-state index contributed by atoms with van der Waals surface area (Å²) in [5.41, 5.74) is 3.51. The van der Waals surface area contributed by atoms with Crippen LogP contribution in [0.3, 0.4) is 0 Å². The highest BCUT2D eigenvalue weighted by molar-refractivity contribution is 5.98. The summed E-state index contributed by atoms with van der Waals surface area (Å²) in [5.74, 6) is 0.336. The van der Waals surface area contributed by atoms with Crippen LogP contribution in [0.1, 0.15) is 54.9 Å². The molecule has 0 aromatic carbocycles. The quantitative estimate of drug-likeness (QED) is 0.815. The van der Waals surface area contributed by atoms with Crippen molar-refractivity contribution >= 4 is 5.78 Å². The molecule has 1 heterocycles. The van der Waals surface area contributed by atoms with Crippen molar-refractivity contribution in [1.82, 2.24) is 9.47 Å². The minimum absolute atomic E-state index is 0.336. The van der Waals surface area contributed by atoms with E-state index in [0.717, 1.165) is 44.3 Å². The van der Waals surface area contributed by atoms with Gasteiger partial charge in [0.05, 0.1) is 0 Å². The molecule has 0 atom stereocenters. The molecule has 1 aromatic rings. The SMILES string of the molecule is Cc1cc2c(n1CCCN(C)C(C)C)CCCC2=O. The lowest BCUT2D eigenvalue weighted by molar-refractivity contribution is 0.0971. The molecule has 106 valence electrons. The van der Waals surface area contributed by atoms with Gasteiger partial charge in [-0.05, 0) is 59.7 Å². The maximum atomic E-state index is 11.9. The first kappa shape index (κ1) is 14.3. The number of carbonyl (C=O) groups excluding carboxylic acids is 1. The first-order chi connectivity index (χ1) is 9.00. The fraction of sp³-hybridized carbons (Fsp3) is 0.688. The van der Waals surface area contributed by atoms with Crippen molar-refractivity contribution in [3.63, 3.8) is 0 Å². The average Bonchev–Trinajstić information content (AvgIpc) is 2.68. The van der Waals surface area contributed by atoms with Crippen molar-refractivity contribution in [2.24, 2.45) is 0 Å². The van der Waals surface area contributed by atoms with E-state index in [2.05, 4.69) is 43.4 Å². The Balaban J connectivity index is 2.03. The first-order valence-electron chi connectivity index (χ1n) is 7.43. The molecule has 0 unspecified atom stereocenters. The van der Waals surface area contributed by atoms with Crippen LogP contribution >= 0.6 is 0 Å². The zero-order valence-electron chi connectivity index (χ0n) is 12.7. The van der Waals surface area contributed by atoms with Crippen LogP contribution in [0.25, 0.3) is 0 Å². The maximum Gasteiger partial charge on any atom is 0.164 e. The number of hydrogen-bond acceptors (Lipinski definition) is 2. The summed E-state index contributed by atoms with van der Waals surface area (Å²) in [4.78, 5) is 14.3. The van der Waals surface area contributed by atoms with E-state index in [1.165, 1.54) is 11.4 Å². The monoisotopic (exact) mass is 262 g/mol. The van der Waals surface area contributed by atoms with Crippen LogP contribution in [-0.2, 0) is 13.0 Å². The molecule has 0 fully saturated rings. The molecule has 0 aliphatic heterocycles. The smallest absolute Gasteiger partial charge is 0.164 e. The topological polar surface area (TPSA) is 25.2 Å². The van der Waals surface area contributed by atoms with Gasteiger partial charge in [0.25, 0.3) is 0 Å². The van der Waals surface area contributed by atoms with Gasteiger partial charge in [0, 0.05) is 36.0 Å². The minimum atomic E-state index is 0.336. The fourth-order valence-corrected chi connectivity index (χ4v) is 2.84. The number of Topliss-reactive ketones (excluding diaryl/α,β-unsaturated/α-hetero) is 1. The van der Waals surface area contributed by atoms with E-state index < -0.39 is 0 Å². The third-order valence-electron chi connectivity index (χ3n) is 4.31. The van der Waals surface area contributed by atoms with Gasteiger partial charge in [0.1, 0.15) is 0 Å². The van der Waals surface area contributed by atoms with Gasteiger partial charge in [0.15, 0.2) is 5.78 Å². The molecule has 3 nitrogen and oxygen atoms in total. The highest BCUT2D eigenvalue weighted by atomic mass is 16.1. The summed E-state index contributed by atoms with van der Waals surface area (Å²) in [6.07, 6.45) is 3.95.